The van der Waals surface area contributed by atoms with Crippen LogP contribution in [-0.4, -0.2) is 23.9 Å². The average Bonchev–Trinajstić information content (AvgIpc) is 3.40. The molecule has 8 nitrogen and oxygen atoms in total. The summed E-state index contributed by atoms with van der Waals surface area (Å²) in [4.78, 5) is 0.222. The maximum absolute atomic E-state index is 14.0. The Morgan fingerprint density at radius 2 is 0.622 bits per heavy atom. The lowest BCUT2D eigenvalue weighted by Gasteiger charge is -2.24. The van der Waals surface area contributed by atoms with Crippen molar-refractivity contribution in [1.82, 2.24) is 0 Å². The third-order valence-electron chi connectivity index (χ3n) is 14.0. The highest BCUT2D eigenvalue weighted by Crippen LogP contribution is 2.31. The molecular weight excluding hydrogens is 957 g/mol. The molecule has 0 aliphatic carbocycles. The van der Waals surface area contributed by atoms with E-state index in [-0.39, 0.29) is 9.79 Å². The molecule has 0 spiro atoms. The maximum Gasteiger partial charge on any atom is 0.318 e. The predicted octanol–water partition coefficient (Wildman–Crippen LogP) is 17.3. The van der Waals surface area contributed by atoms with Crippen LogP contribution in [0.3, 0.4) is 0 Å². The Balaban J connectivity index is 1.04. The second-order valence-corrected chi connectivity index (χ2v) is 23.4. The Bertz CT molecular complexity index is 2730. The number of hydrogen-bond donors (Lipinski definition) is 0. The summed E-state index contributed by atoms with van der Waals surface area (Å²) in [5, 5.41) is 2.66. The minimum atomic E-state index is -4.21. The first-order valence-electron chi connectivity index (χ1n) is 27.9. The highest BCUT2D eigenvalue weighted by atomic mass is 32.2. The van der Waals surface area contributed by atoms with Crippen LogP contribution < -0.4 is 10.1 Å². The van der Waals surface area contributed by atoms with Gasteiger partial charge >= 0.3 is 20.2 Å². The van der Waals surface area contributed by atoms with E-state index < -0.39 is 20.2 Å². The third-order valence-corrected chi connectivity index (χ3v) is 16.5. The molecule has 0 aromatic heterocycles. The summed E-state index contributed by atoms with van der Waals surface area (Å²) in [6.45, 7) is 6.58. The van der Waals surface area contributed by atoms with Gasteiger partial charge in [-0.1, -0.05) is 220 Å². The summed E-state index contributed by atoms with van der Waals surface area (Å²) in [6, 6.07) is 45.7. The molecular formula is C64H84N2O6S2. The van der Waals surface area contributed by atoms with Gasteiger partial charge in [0.05, 0.1) is 26.9 Å². The van der Waals surface area contributed by atoms with Gasteiger partial charge in [0.15, 0.2) is 0 Å². The Morgan fingerprint density at radius 3 is 0.973 bits per heavy atom. The van der Waals surface area contributed by atoms with Crippen molar-refractivity contribution in [1.29, 1.82) is 0 Å². The van der Waals surface area contributed by atoms with Gasteiger partial charge in [-0.15, -0.1) is 8.57 Å². The zero-order valence-corrected chi connectivity index (χ0v) is 46.6. The molecule has 0 N–H and O–H groups in total. The molecule has 0 amide bonds. The number of anilines is 3. The zero-order chi connectivity index (χ0) is 52.4. The summed E-state index contributed by atoms with van der Waals surface area (Å²) in [5.41, 5.74) is 9.48. The Kier molecular flexibility index (Phi) is 24.3. The number of benzene rings is 6. The van der Waals surface area contributed by atoms with E-state index in [1.165, 1.54) is 137 Å². The zero-order valence-electron chi connectivity index (χ0n) is 45.0. The van der Waals surface area contributed by atoms with E-state index in [4.69, 9.17) is 8.57 Å². The molecule has 0 atom stereocenters. The summed E-state index contributed by atoms with van der Waals surface area (Å²) in [6.07, 6.45) is 28.8. The van der Waals surface area contributed by atoms with Crippen molar-refractivity contribution in [3.8, 4) is 0 Å². The second kappa shape index (κ2) is 30.9. The topological polar surface area (TPSA) is 93.2 Å². The first-order valence-corrected chi connectivity index (χ1v) is 30.7. The van der Waals surface area contributed by atoms with Gasteiger partial charge in [-0.2, -0.15) is 16.8 Å². The van der Waals surface area contributed by atoms with Crippen LogP contribution in [0.15, 0.2) is 155 Å². The van der Waals surface area contributed by atoms with Crippen molar-refractivity contribution in [3.05, 3.63) is 185 Å². The molecule has 398 valence electrons. The standard InChI is InChI=1S/C64H84N2O6S2/c1-5-7-9-11-13-15-17-19-21-23-25-54-37-47-63(48-38-54)73(67,68)71-65(4)60-41-31-57(32-42-60)52-59-35-45-62(46-36-59)66(61-43-33-58(34-44-61)51-56-29-27-53(3)28-30-56)72-74(69,70)64-49-39-55(40-50-64)26-24-22-20-18-16-14-12-10-8-6-2/h27-50H,5-26,51-52H2,1-4H3. The lowest BCUT2D eigenvalue weighted by atomic mass is 10.0. The molecule has 0 unspecified atom stereocenters. The van der Waals surface area contributed by atoms with E-state index in [1.807, 2.05) is 97.1 Å². The van der Waals surface area contributed by atoms with Gasteiger partial charge in [-0.05, 0) is 139 Å². The minimum Gasteiger partial charge on any atom is -0.239 e. The average molecular weight is 1040 g/mol. The lowest BCUT2D eigenvalue weighted by molar-refractivity contribution is 0.305. The van der Waals surface area contributed by atoms with Crippen LogP contribution in [0.5, 0.6) is 0 Å². The van der Waals surface area contributed by atoms with E-state index in [1.54, 1.807) is 31.3 Å². The number of nitrogens with zero attached hydrogens (tertiary/aromatic N) is 2. The summed E-state index contributed by atoms with van der Waals surface area (Å²) < 4.78 is 66.1. The molecule has 0 radical (unpaired) electrons. The fraction of sp³-hybridized carbons (Fsp3) is 0.438. The molecule has 0 heterocycles. The molecule has 0 bridgehead atoms. The Labute approximate surface area is 446 Å². The molecule has 0 aliphatic rings. The van der Waals surface area contributed by atoms with Crippen LogP contribution in [0.1, 0.15) is 181 Å². The Morgan fingerprint density at radius 1 is 0.338 bits per heavy atom. The molecule has 0 saturated heterocycles. The quantitative estimate of drug-likeness (QED) is 0.0287. The highest BCUT2D eigenvalue weighted by Gasteiger charge is 2.24. The van der Waals surface area contributed by atoms with Crippen LogP contribution in [0, 0.1) is 6.92 Å². The van der Waals surface area contributed by atoms with E-state index in [0.29, 0.717) is 23.5 Å². The van der Waals surface area contributed by atoms with Crippen molar-refractivity contribution >= 4 is 37.3 Å². The molecule has 10 heteroatoms. The van der Waals surface area contributed by atoms with Crippen molar-refractivity contribution < 1.29 is 25.4 Å². The number of hydroxylamine groups is 1. The van der Waals surface area contributed by atoms with E-state index in [0.717, 1.165) is 59.9 Å². The fourth-order valence-corrected chi connectivity index (χ4v) is 11.2. The number of hydrogen-bond acceptors (Lipinski definition) is 8. The van der Waals surface area contributed by atoms with Gasteiger partial charge in [-0.3, -0.25) is 0 Å². The molecule has 6 aromatic rings. The van der Waals surface area contributed by atoms with E-state index in [9.17, 15) is 16.8 Å². The van der Waals surface area contributed by atoms with Crippen molar-refractivity contribution in [3.63, 3.8) is 0 Å². The first-order chi connectivity index (χ1) is 35.9. The van der Waals surface area contributed by atoms with Gasteiger partial charge in [-0.25, -0.2) is 10.1 Å². The largest absolute Gasteiger partial charge is 0.318 e. The van der Waals surface area contributed by atoms with Gasteiger partial charge in [0.2, 0.25) is 0 Å². The van der Waals surface area contributed by atoms with Crippen LogP contribution in [0.25, 0.3) is 0 Å². The predicted molar refractivity (Wildman–Crippen MR) is 307 cm³/mol. The smallest absolute Gasteiger partial charge is 0.239 e. The SMILES string of the molecule is CCCCCCCCCCCCc1ccc(S(=O)(=O)ON(C)c2ccc(Cc3ccc(N(OS(=O)(=O)c4ccc(CCCCCCCCCCCC)cc4)c4ccc(Cc5ccc(C)cc5)cc4)cc3)cc2)cc1. The number of rotatable bonds is 35. The number of unbranched alkanes of at least 4 members (excludes halogenated alkanes) is 18. The first kappa shape index (κ1) is 58.0. The Hall–Kier alpha value is -5.26. The monoisotopic (exact) mass is 1040 g/mol. The van der Waals surface area contributed by atoms with Gasteiger partial charge in [0, 0.05) is 7.05 Å². The lowest BCUT2D eigenvalue weighted by Crippen LogP contribution is -2.23. The molecule has 0 aliphatic heterocycles. The van der Waals surface area contributed by atoms with Crippen molar-refractivity contribution in [2.75, 3.05) is 17.2 Å². The summed E-state index contributed by atoms with van der Waals surface area (Å²) >= 11 is 0. The summed E-state index contributed by atoms with van der Waals surface area (Å²) in [7, 11) is -6.66. The van der Waals surface area contributed by atoms with Crippen molar-refractivity contribution in [2.45, 2.75) is 185 Å². The fourth-order valence-electron chi connectivity index (χ4n) is 9.39. The number of aryl methyl sites for hydroxylation is 3. The third kappa shape index (κ3) is 19.8. The molecule has 6 rings (SSSR count). The normalized spacial score (nSPS) is 11.8. The van der Waals surface area contributed by atoms with Gasteiger partial charge in [0.1, 0.15) is 0 Å². The van der Waals surface area contributed by atoms with Crippen LogP contribution in [-0.2, 0) is 54.5 Å². The molecule has 0 fully saturated rings. The summed E-state index contributed by atoms with van der Waals surface area (Å²) in [5.74, 6) is 0. The second-order valence-electron chi connectivity index (χ2n) is 20.3. The van der Waals surface area contributed by atoms with Crippen LogP contribution in [0.2, 0.25) is 0 Å². The van der Waals surface area contributed by atoms with Crippen LogP contribution >= 0.6 is 0 Å². The van der Waals surface area contributed by atoms with Gasteiger partial charge < -0.3 is 0 Å². The highest BCUT2D eigenvalue weighted by molar-refractivity contribution is 7.87. The molecule has 74 heavy (non-hydrogen) atoms. The van der Waals surface area contributed by atoms with Crippen molar-refractivity contribution in [2.24, 2.45) is 0 Å². The molecule has 0 saturated carbocycles. The van der Waals surface area contributed by atoms with Crippen LogP contribution in [0.4, 0.5) is 17.1 Å². The van der Waals surface area contributed by atoms with E-state index >= 15 is 0 Å². The van der Waals surface area contributed by atoms with Gasteiger partial charge in [0.25, 0.3) is 0 Å². The minimum absolute atomic E-state index is 0.0997. The maximum atomic E-state index is 14.0. The van der Waals surface area contributed by atoms with E-state index in [2.05, 4.69) is 45.0 Å². The molecule has 6 aromatic carbocycles.